The molecule has 1 aliphatic carbocycles. The molecule has 1 saturated carbocycles. The number of hydrogen-bond donors (Lipinski definition) is 1. The summed E-state index contributed by atoms with van der Waals surface area (Å²) in [4.78, 5) is 0. The van der Waals surface area contributed by atoms with Gasteiger partial charge in [-0.1, -0.05) is 18.9 Å². The fraction of sp³-hybridized carbons (Fsp3) is 0.455. The van der Waals surface area contributed by atoms with Gasteiger partial charge in [-0.3, -0.25) is 0 Å². The number of rotatable bonds is 3. The molecular weight excluding hydrogens is 203 g/mol. The molecule has 0 radical (unpaired) electrons. The quantitative estimate of drug-likeness (QED) is 0.771. The number of benzene rings is 1. The zero-order valence-electron chi connectivity index (χ0n) is 8.14. The lowest BCUT2D eigenvalue weighted by Crippen LogP contribution is -2.14. The van der Waals surface area contributed by atoms with E-state index in [1.165, 1.54) is 6.07 Å². The average molecular weight is 215 g/mol. The molecule has 0 bridgehead atoms. The predicted molar refractivity (Wildman–Crippen MR) is 50.6 cm³/mol. The van der Waals surface area contributed by atoms with Crippen molar-refractivity contribution in [3.63, 3.8) is 0 Å². The third kappa shape index (κ3) is 2.15. The van der Waals surface area contributed by atoms with Gasteiger partial charge >= 0.3 is 0 Å². The maximum Gasteiger partial charge on any atom is 0.194 e. The Balaban J connectivity index is 2.22. The second-order valence-corrected chi connectivity index (χ2v) is 4.05. The van der Waals surface area contributed by atoms with Crippen LogP contribution in [0, 0.1) is 23.4 Å². The first-order chi connectivity index (χ1) is 7.09. The molecule has 2 N–H and O–H groups in total. The van der Waals surface area contributed by atoms with Crippen LogP contribution in [0.1, 0.15) is 30.9 Å². The van der Waals surface area contributed by atoms with Crippen molar-refractivity contribution in [1.29, 1.82) is 0 Å². The lowest BCUT2D eigenvalue weighted by atomic mass is 10.0. The van der Waals surface area contributed by atoms with E-state index in [2.05, 4.69) is 0 Å². The molecule has 1 atom stereocenters. The molecule has 0 aliphatic heterocycles. The van der Waals surface area contributed by atoms with Crippen molar-refractivity contribution >= 4 is 0 Å². The molecule has 15 heavy (non-hydrogen) atoms. The van der Waals surface area contributed by atoms with Crippen molar-refractivity contribution in [1.82, 2.24) is 0 Å². The third-order valence-electron chi connectivity index (χ3n) is 2.75. The Morgan fingerprint density at radius 2 is 1.87 bits per heavy atom. The summed E-state index contributed by atoms with van der Waals surface area (Å²) in [6.45, 7) is 0. The predicted octanol–water partition coefficient (Wildman–Crippen LogP) is 2.90. The van der Waals surface area contributed by atoms with Crippen LogP contribution in [0.15, 0.2) is 12.1 Å². The molecule has 0 heterocycles. The van der Waals surface area contributed by atoms with Crippen LogP contribution in [-0.2, 0) is 0 Å². The van der Waals surface area contributed by atoms with Crippen molar-refractivity contribution in [2.24, 2.45) is 11.7 Å². The summed E-state index contributed by atoms with van der Waals surface area (Å²) in [5, 5.41) is 0. The number of hydrogen-bond acceptors (Lipinski definition) is 1. The van der Waals surface area contributed by atoms with Crippen molar-refractivity contribution < 1.29 is 13.2 Å². The van der Waals surface area contributed by atoms with Gasteiger partial charge in [0.05, 0.1) is 0 Å². The van der Waals surface area contributed by atoms with E-state index in [0.717, 1.165) is 18.9 Å². The van der Waals surface area contributed by atoms with Gasteiger partial charge in [0.15, 0.2) is 17.5 Å². The van der Waals surface area contributed by atoms with Crippen LogP contribution in [0.4, 0.5) is 13.2 Å². The van der Waals surface area contributed by atoms with Gasteiger partial charge in [0.25, 0.3) is 0 Å². The number of nitrogens with two attached hydrogens (primary N) is 1. The van der Waals surface area contributed by atoms with Gasteiger partial charge in [-0.2, -0.15) is 0 Å². The van der Waals surface area contributed by atoms with Gasteiger partial charge in [0, 0.05) is 11.6 Å². The maximum absolute atomic E-state index is 13.3. The van der Waals surface area contributed by atoms with Gasteiger partial charge in [-0.25, -0.2) is 13.2 Å². The van der Waals surface area contributed by atoms with Crippen molar-refractivity contribution in [2.45, 2.75) is 25.3 Å². The SMILES string of the molecule is N[C@H](CC1CC1)c1ccc(F)c(F)c1F. The summed E-state index contributed by atoms with van der Waals surface area (Å²) < 4.78 is 38.8. The normalized spacial score (nSPS) is 17.9. The van der Waals surface area contributed by atoms with Crippen molar-refractivity contribution in [2.75, 3.05) is 0 Å². The first-order valence-corrected chi connectivity index (χ1v) is 4.98. The van der Waals surface area contributed by atoms with Gasteiger partial charge in [-0.05, 0) is 18.4 Å². The van der Waals surface area contributed by atoms with Crippen LogP contribution in [0.25, 0.3) is 0 Å². The molecule has 0 aromatic heterocycles. The van der Waals surface area contributed by atoms with E-state index in [0.29, 0.717) is 12.3 Å². The van der Waals surface area contributed by atoms with Gasteiger partial charge in [0.1, 0.15) is 0 Å². The van der Waals surface area contributed by atoms with Crippen molar-refractivity contribution in [3.8, 4) is 0 Å². The summed E-state index contributed by atoms with van der Waals surface area (Å²) in [6, 6.07) is 1.61. The van der Waals surface area contributed by atoms with E-state index < -0.39 is 23.5 Å². The molecule has 82 valence electrons. The van der Waals surface area contributed by atoms with E-state index in [1.54, 1.807) is 0 Å². The van der Waals surface area contributed by atoms with E-state index >= 15 is 0 Å². The monoisotopic (exact) mass is 215 g/mol. The molecule has 2 rings (SSSR count). The Morgan fingerprint density at radius 1 is 1.20 bits per heavy atom. The molecule has 1 aliphatic rings. The smallest absolute Gasteiger partial charge is 0.194 e. The first-order valence-electron chi connectivity index (χ1n) is 4.98. The van der Waals surface area contributed by atoms with Gasteiger partial charge in [0.2, 0.25) is 0 Å². The average Bonchev–Trinajstić information content (AvgIpc) is 2.98. The second kappa shape index (κ2) is 3.85. The topological polar surface area (TPSA) is 26.0 Å². The minimum absolute atomic E-state index is 0.0702. The molecule has 0 saturated heterocycles. The second-order valence-electron chi connectivity index (χ2n) is 4.05. The zero-order valence-corrected chi connectivity index (χ0v) is 8.14. The minimum Gasteiger partial charge on any atom is -0.324 e. The van der Waals surface area contributed by atoms with Crippen LogP contribution in [0.2, 0.25) is 0 Å². The lowest BCUT2D eigenvalue weighted by Gasteiger charge is -2.12. The summed E-state index contributed by atoms with van der Waals surface area (Å²) in [5.41, 5.74) is 5.80. The zero-order chi connectivity index (χ0) is 11.0. The molecule has 0 unspecified atom stereocenters. The van der Waals surface area contributed by atoms with Crippen LogP contribution < -0.4 is 5.73 Å². The van der Waals surface area contributed by atoms with Crippen LogP contribution in [0.3, 0.4) is 0 Å². The molecule has 1 aromatic carbocycles. The third-order valence-corrected chi connectivity index (χ3v) is 2.75. The fourth-order valence-electron chi connectivity index (χ4n) is 1.67. The Bertz CT molecular complexity index is 374. The van der Waals surface area contributed by atoms with Gasteiger partial charge < -0.3 is 5.73 Å². The largest absolute Gasteiger partial charge is 0.324 e. The van der Waals surface area contributed by atoms with E-state index in [9.17, 15) is 13.2 Å². The van der Waals surface area contributed by atoms with E-state index in [-0.39, 0.29) is 5.56 Å². The Labute approximate surface area is 86.1 Å². The summed E-state index contributed by atoms with van der Waals surface area (Å²) in [7, 11) is 0. The van der Waals surface area contributed by atoms with Crippen LogP contribution >= 0.6 is 0 Å². The number of halogens is 3. The highest BCUT2D eigenvalue weighted by Gasteiger charge is 2.26. The Hall–Kier alpha value is -1.03. The molecule has 0 amide bonds. The molecule has 4 heteroatoms. The Kier molecular flexibility index (Phi) is 2.69. The van der Waals surface area contributed by atoms with Crippen LogP contribution in [-0.4, -0.2) is 0 Å². The highest BCUT2D eigenvalue weighted by atomic mass is 19.2. The molecule has 1 fully saturated rings. The highest BCUT2D eigenvalue weighted by Crippen LogP contribution is 2.37. The molecule has 0 spiro atoms. The Morgan fingerprint density at radius 3 is 2.47 bits per heavy atom. The lowest BCUT2D eigenvalue weighted by molar-refractivity contribution is 0.431. The van der Waals surface area contributed by atoms with Crippen molar-refractivity contribution in [3.05, 3.63) is 35.1 Å². The molecule has 1 aromatic rings. The van der Waals surface area contributed by atoms with Crippen LogP contribution in [0.5, 0.6) is 0 Å². The molecule has 1 nitrogen and oxygen atoms in total. The van der Waals surface area contributed by atoms with E-state index in [4.69, 9.17) is 5.73 Å². The summed E-state index contributed by atoms with van der Waals surface area (Å²) in [5.74, 6) is -3.23. The van der Waals surface area contributed by atoms with E-state index in [1.807, 2.05) is 0 Å². The highest BCUT2D eigenvalue weighted by molar-refractivity contribution is 5.23. The first kappa shape index (κ1) is 10.5. The fourth-order valence-corrected chi connectivity index (χ4v) is 1.67. The summed E-state index contributed by atoms with van der Waals surface area (Å²) in [6.07, 6.45) is 2.83. The standard InChI is InChI=1S/C11H12F3N/c12-8-4-3-7(10(13)11(8)14)9(15)5-6-1-2-6/h3-4,6,9H,1-2,5,15H2/t9-/m1/s1. The maximum atomic E-state index is 13.3. The minimum atomic E-state index is -1.43. The molecular formula is C11H12F3N. The summed E-state index contributed by atoms with van der Waals surface area (Å²) >= 11 is 0. The van der Waals surface area contributed by atoms with Gasteiger partial charge in [-0.15, -0.1) is 0 Å².